The minimum absolute atomic E-state index is 0.122. The molecule has 3 rings (SSSR count). The van der Waals surface area contributed by atoms with Crippen LogP contribution in [-0.2, 0) is 4.79 Å². The molecule has 0 bridgehead atoms. The second kappa shape index (κ2) is 10.5. The predicted octanol–water partition coefficient (Wildman–Crippen LogP) is 2.67. The number of hydrogen-bond acceptors (Lipinski definition) is 7. The molecule has 33 heavy (non-hydrogen) atoms. The molecule has 1 aliphatic rings. The van der Waals surface area contributed by atoms with E-state index in [0.717, 1.165) is 11.1 Å². The first-order chi connectivity index (χ1) is 15.9. The fourth-order valence-electron chi connectivity index (χ4n) is 3.58. The van der Waals surface area contributed by atoms with Gasteiger partial charge in [0.15, 0.2) is 0 Å². The first-order valence-electron chi connectivity index (χ1n) is 10.2. The largest absolute Gasteiger partial charge is 0.496 e. The number of benzene rings is 2. The molecule has 0 spiro atoms. The van der Waals surface area contributed by atoms with Gasteiger partial charge < -0.3 is 24.4 Å². The van der Waals surface area contributed by atoms with Crippen molar-refractivity contribution in [3.05, 3.63) is 63.7 Å². The Kier molecular flexibility index (Phi) is 7.50. The average molecular weight is 455 g/mol. The highest BCUT2D eigenvalue weighted by Gasteiger charge is 2.23. The van der Waals surface area contributed by atoms with Gasteiger partial charge in [-0.05, 0) is 18.1 Å². The van der Waals surface area contributed by atoms with Crippen LogP contribution in [0, 0.1) is 10.1 Å². The van der Waals surface area contributed by atoms with Crippen LogP contribution in [0.3, 0.4) is 0 Å². The van der Waals surface area contributed by atoms with Gasteiger partial charge in [-0.2, -0.15) is 0 Å². The van der Waals surface area contributed by atoms with Gasteiger partial charge in [-0.3, -0.25) is 19.7 Å². The van der Waals surface area contributed by atoms with Crippen LogP contribution >= 0.6 is 0 Å². The van der Waals surface area contributed by atoms with E-state index in [4.69, 9.17) is 14.2 Å². The third kappa shape index (κ3) is 5.40. The number of nitrogens with zero attached hydrogens (tertiary/aromatic N) is 2. The fourth-order valence-corrected chi connectivity index (χ4v) is 3.58. The molecule has 0 saturated carbocycles. The Hall–Kier alpha value is -4.08. The van der Waals surface area contributed by atoms with Crippen LogP contribution < -0.4 is 19.5 Å². The maximum Gasteiger partial charge on any atom is 0.270 e. The van der Waals surface area contributed by atoms with E-state index >= 15 is 0 Å². The number of nitro groups is 1. The summed E-state index contributed by atoms with van der Waals surface area (Å²) in [5, 5.41) is 13.4. The molecular formula is C23H25N3O7. The van der Waals surface area contributed by atoms with Crippen molar-refractivity contribution in [1.82, 2.24) is 10.2 Å². The zero-order chi connectivity index (χ0) is 24.0. The molecule has 1 heterocycles. The number of methoxy groups -OCH3 is 3. The molecule has 0 aliphatic carbocycles. The molecule has 0 fully saturated rings. The first kappa shape index (κ1) is 23.6. The van der Waals surface area contributed by atoms with Crippen molar-refractivity contribution in [2.45, 2.75) is 6.42 Å². The first-order valence-corrected chi connectivity index (χ1v) is 10.2. The molecule has 10 heteroatoms. The average Bonchev–Trinajstić information content (AvgIpc) is 2.86. The summed E-state index contributed by atoms with van der Waals surface area (Å²) >= 11 is 0. The topological polar surface area (TPSA) is 120 Å². The quantitative estimate of drug-likeness (QED) is 0.480. The summed E-state index contributed by atoms with van der Waals surface area (Å²) in [6.07, 6.45) is 2.50. The maximum atomic E-state index is 12.6. The molecular weight excluding hydrogens is 430 g/mol. The third-order valence-electron chi connectivity index (χ3n) is 5.32. The van der Waals surface area contributed by atoms with Crippen molar-refractivity contribution in [3.8, 4) is 17.2 Å². The van der Waals surface area contributed by atoms with Crippen molar-refractivity contribution in [2.75, 3.05) is 41.0 Å². The van der Waals surface area contributed by atoms with Gasteiger partial charge in [-0.15, -0.1) is 0 Å². The van der Waals surface area contributed by atoms with Crippen molar-refractivity contribution < 1.29 is 28.7 Å². The number of nitro benzene ring substituents is 1. The normalized spacial score (nSPS) is 13.1. The van der Waals surface area contributed by atoms with Gasteiger partial charge in [0.05, 0.1) is 38.4 Å². The van der Waals surface area contributed by atoms with Gasteiger partial charge in [-0.1, -0.05) is 12.1 Å². The van der Waals surface area contributed by atoms with E-state index in [0.29, 0.717) is 36.8 Å². The van der Waals surface area contributed by atoms with Crippen LogP contribution in [0.4, 0.5) is 5.69 Å². The van der Waals surface area contributed by atoms with Crippen LogP contribution in [0.5, 0.6) is 17.2 Å². The zero-order valence-corrected chi connectivity index (χ0v) is 18.6. The molecule has 0 unspecified atom stereocenters. The number of non-ortho nitro benzene ring substituents is 1. The molecule has 0 aromatic heterocycles. The Morgan fingerprint density at radius 1 is 1.09 bits per heavy atom. The van der Waals surface area contributed by atoms with E-state index in [1.165, 1.54) is 24.3 Å². The van der Waals surface area contributed by atoms with E-state index in [1.807, 2.05) is 6.08 Å². The highest BCUT2D eigenvalue weighted by molar-refractivity contribution is 5.97. The molecule has 0 atom stereocenters. The Labute approximate surface area is 190 Å². The zero-order valence-electron chi connectivity index (χ0n) is 18.6. The lowest BCUT2D eigenvalue weighted by molar-refractivity contribution is -0.384. The molecule has 2 aromatic carbocycles. The molecule has 0 radical (unpaired) electrons. The Morgan fingerprint density at radius 2 is 1.79 bits per heavy atom. The lowest BCUT2D eigenvalue weighted by atomic mass is 9.97. The minimum Gasteiger partial charge on any atom is -0.496 e. The van der Waals surface area contributed by atoms with Crippen molar-refractivity contribution in [2.24, 2.45) is 0 Å². The highest BCUT2D eigenvalue weighted by Crippen LogP contribution is 2.40. The predicted molar refractivity (Wildman–Crippen MR) is 121 cm³/mol. The summed E-state index contributed by atoms with van der Waals surface area (Å²) in [6, 6.07) is 8.91. The van der Waals surface area contributed by atoms with Crippen LogP contribution in [0.2, 0.25) is 0 Å². The number of hydrogen-bond donors (Lipinski definition) is 1. The molecule has 1 N–H and O–H groups in total. The maximum absolute atomic E-state index is 12.6. The van der Waals surface area contributed by atoms with E-state index in [1.54, 1.807) is 38.4 Å². The Balaban J connectivity index is 1.65. The van der Waals surface area contributed by atoms with Gasteiger partial charge in [0.25, 0.3) is 11.6 Å². The minimum atomic E-state index is -0.577. The third-order valence-corrected chi connectivity index (χ3v) is 5.32. The van der Waals surface area contributed by atoms with E-state index in [9.17, 15) is 19.7 Å². The van der Waals surface area contributed by atoms with Crippen LogP contribution in [0.1, 0.15) is 22.3 Å². The second-order valence-corrected chi connectivity index (χ2v) is 7.22. The summed E-state index contributed by atoms with van der Waals surface area (Å²) in [5.74, 6) is 1.04. The summed E-state index contributed by atoms with van der Waals surface area (Å²) in [6.45, 7) is 0.606. The number of rotatable bonds is 8. The van der Waals surface area contributed by atoms with E-state index < -0.39 is 10.8 Å². The summed E-state index contributed by atoms with van der Waals surface area (Å²) in [7, 11) is 4.71. The van der Waals surface area contributed by atoms with Gasteiger partial charge in [0.1, 0.15) is 17.2 Å². The number of nitrogens with one attached hydrogen (secondary N) is 1. The van der Waals surface area contributed by atoms with Crippen LogP contribution in [-0.4, -0.2) is 62.6 Å². The smallest absolute Gasteiger partial charge is 0.270 e. The number of amides is 2. The van der Waals surface area contributed by atoms with E-state index in [2.05, 4.69) is 5.32 Å². The molecule has 0 saturated heterocycles. The molecule has 2 amide bonds. The van der Waals surface area contributed by atoms with Crippen LogP contribution in [0.25, 0.3) is 5.57 Å². The second-order valence-electron chi connectivity index (χ2n) is 7.22. The Morgan fingerprint density at radius 3 is 2.33 bits per heavy atom. The molecule has 2 aromatic rings. The number of carbonyl (C=O) groups is 2. The van der Waals surface area contributed by atoms with Gasteiger partial charge >= 0.3 is 0 Å². The SMILES string of the molecule is COc1cc(OC)c(C2=CCN(C(=O)CNC(=O)c3cccc([N+](=O)[O-])c3)CC2)c(OC)c1. The monoisotopic (exact) mass is 455 g/mol. The lowest BCUT2D eigenvalue weighted by Gasteiger charge is -2.28. The van der Waals surface area contributed by atoms with Gasteiger partial charge in [0, 0.05) is 42.9 Å². The Bertz CT molecular complexity index is 1070. The molecule has 1 aliphatic heterocycles. The van der Waals surface area contributed by atoms with Gasteiger partial charge in [-0.25, -0.2) is 0 Å². The summed E-state index contributed by atoms with van der Waals surface area (Å²) in [4.78, 5) is 36.8. The number of ether oxygens (including phenoxy) is 3. The van der Waals surface area contributed by atoms with Gasteiger partial charge in [0.2, 0.25) is 5.91 Å². The highest BCUT2D eigenvalue weighted by atomic mass is 16.6. The fraction of sp³-hybridized carbons (Fsp3) is 0.304. The van der Waals surface area contributed by atoms with E-state index in [-0.39, 0.29) is 23.7 Å². The molecule has 174 valence electrons. The summed E-state index contributed by atoms with van der Waals surface area (Å²) < 4.78 is 16.3. The van der Waals surface area contributed by atoms with Crippen molar-refractivity contribution in [1.29, 1.82) is 0 Å². The standard InChI is InChI=1S/C23H25N3O7/c1-31-18-12-19(32-2)22(20(13-18)33-3)15-7-9-25(10-8-15)21(27)14-24-23(28)16-5-4-6-17(11-16)26(29)30/h4-7,11-13H,8-10,14H2,1-3H3,(H,24,28). The molecule has 10 nitrogen and oxygen atoms in total. The van der Waals surface area contributed by atoms with Crippen LogP contribution in [0.15, 0.2) is 42.5 Å². The van der Waals surface area contributed by atoms with Crippen molar-refractivity contribution >= 4 is 23.1 Å². The van der Waals surface area contributed by atoms with Crippen molar-refractivity contribution in [3.63, 3.8) is 0 Å². The lowest BCUT2D eigenvalue weighted by Crippen LogP contribution is -2.42. The summed E-state index contributed by atoms with van der Waals surface area (Å²) in [5.41, 5.74) is 1.73. The number of carbonyl (C=O) groups excluding carboxylic acids is 2.